The minimum absolute atomic E-state index is 0. The summed E-state index contributed by atoms with van der Waals surface area (Å²) in [6.07, 6.45) is -2.15. The molecule has 28 heavy (non-hydrogen) atoms. The first-order chi connectivity index (χ1) is 12.8. The number of carbonyl (C=O) groups is 2. The van der Waals surface area contributed by atoms with Crippen LogP contribution >= 0.6 is 0 Å². The van der Waals surface area contributed by atoms with Gasteiger partial charge in [-0.1, -0.05) is 13.8 Å². The van der Waals surface area contributed by atoms with Crippen molar-refractivity contribution in [2.45, 2.75) is 45.1 Å². The van der Waals surface area contributed by atoms with Crippen molar-refractivity contribution in [1.29, 1.82) is 0 Å². The maximum absolute atomic E-state index is 12.1. The van der Waals surface area contributed by atoms with Crippen molar-refractivity contribution < 1.29 is 51.4 Å². The molecule has 1 aliphatic heterocycles. The quantitative estimate of drug-likeness (QED) is 0.531. The Morgan fingerprint density at radius 3 is 2.36 bits per heavy atom. The molecule has 0 amide bonds. The van der Waals surface area contributed by atoms with Gasteiger partial charge in [0.05, 0.1) is 19.6 Å². The van der Waals surface area contributed by atoms with Gasteiger partial charge in [0.2, 0.25) is 6.04 Å². The Morgan fingerprint density at radius 1 is 1.18 bits per heavy atom. The highest BCUT2D eigenvalue weighted by Gasteiger charge is 2.38. The highest BCUT2D eigenvalue weighted by Crippen LogP contribution is 2.23. The van der Waals surface area contributed by atoms with Crippen molar-refractivity contribution >= 4 is 11.9 Å². The molecule has 2 rings (SSSR count). The fourth-order valence-corrected chi connectivity index (χ4v) is 2.51. The molecule has 0 spiro atoms. The number of hydrogen-bond acceptors (Lipinski definition) is 7. The van der Waals surface area contributed by atoms with E-state index in [-0.39, 0.29) is 37.5 Å². The number of ether oxygens (including phenoxy) is 5. The standard InChI is InChI=1S/C19H27NO7.ClH/c1-11(2)18(21)27-16-10-24-9-15(20)19(22)25-12(3)17(16)26-14-7-5-13(23-4)6-8-14;/h5-8,11-12,15-17H,9-10,20H2,1-4H3;1H/t12-,15-,16-,17-;/m0./s1. The van der Waals surface area contributed by atoms with Gasteiger partial charge in [0.25, 0.3) is 0 Å². The molecular weight excluding hydrogens is 390 g/mol. The monoisotopic (exact) mass is 417 g/mol. The minimum atomic E-state index is -0.741. The van der Waals surface area contributed by atoms with Crippen LogP contribution in [0.4, 0.5) is 0 Å². The summed E-state index contributed by atoms with van der Waals surface area (Å²) in [7, 11) is 1.57. The zero-order chi connectivity index (χ0) is 20.0. The Kier molecular flexibility index (Phi) is 9.51. The number of benzene rings is 1. The van der Waals surface area contributed by atoms with Crippen LogP contribution in [0.15, 0.2) is 24.3 Å². The van der Waals surface area contributed by atoms with Crippen LogP contribution in [-0.2, 0) is 23.8 Å². The predicted molar refractivity (Wildman–Crippen MR) is 95.2 cm³/mol. The van der Waals surface area contributed by atoms with Crippen LogP contribution < -0.4 is 27.6 Å². The van der Waals surface area contributed by atoms with Crippen LogP contribution in [0, 0.1) is 5.92 Å². The van der Waals surface area contributed by atoms with E-state index < -0.39 is 30.3 Å². The van der Waals surface area contributed by atoms with Crippen molar-refractivity contribution in [3.63, 3.8) is 0 Å². The summed E-state index contributed by atoms with van der Waals surface area (Å²) in [5.41, 5.74) is 3.74. The highest BCUT2D eigenvalue weighted by molar-refractivity contribution is 5.74. The summed E-state index contributed by atoms with van der Waals surface area (Å²) >= 11 is 0. The molecule has 0 bridgehead atoms. The second-order valence-corrected chi connectivity index (χ2v) is 6.76. The van der Waals surface area contributed by atoms with Gasteiger partial charge >= 0.3 is 11.9 Å². The lowest BCUT2D eigenvalue weighted by Gasteiger charge is -2.31. The average molecular weight is 418 g/mol. The maximum atomic E-state index is 12.1. The summed E-state index contributed by atoms with van der Waals surface area (Å²) in [6, 6.07) is 6.30. The predicted octanol–water partition coefficient (Wildman–Crippen LogP) is -2.41. The van der Waals surface area contributed by atoms with Crippen molar-refractivity contribution in [2.75, 3.05) is 20.3 Å². The van der Waals surface area contributed by atoms with Crippen molar-refractivity contribution in [3.05, 3.63) is 24.3 Å². The Morgan fingerprint density at radius 2 is 1.79 bits per heavy atom. The molecule has 4 atom stereocenters. The van der Waals surface area contributed by atoms with Gasteiger partial charge in [-0.05, 0) is 31.2 Å². The van der Waals surface area contributed by atoms with Gasteiger partial charge in [-0.3, -0.25) is 4.79 Å². The van der Waals surface area contributed by atoms with Crippen LogP contribution in [0.2, 0.25) is 0 Å². The normalized spacial score (nSPS) is 25.4. The summed E-state index contributed by atoms with van der Waals surface area (Å²) < 4.78 is 27.8. The topological polar surface area (TPSA) is 108 Å². The zero-order valence-electron chi connectivity index (χ0n) is 16.6. The maximum Gasteiger partial charge on any atom is 0.367 e. The molecule has 1 aromatic rings. The van der Waals surface area contributed by atoms with Crippen LogP contribution in [-0.4, -0.2) is 56.6 Å². The molecule has 1 aromatic carbocycles. The van der Waals surface area contributed by atoms with Crippen molar-refractivity contribution in [1.82, 2.24) is 0 Å². The smallest absolute Gasteiger partial charge is 0.367 e. The second-order valence-electron chi connectivity index (χ2n) is 6.76. The summed E-state index contributed by atoms with van der Waals surface area (Å²) in [5, 5.41) is 0. The first-order valence-electron chi connectivity index (χ1n) is 8.94. The van der Waals surface area contributed by atoms with Crippen molar-refractivity contribution in [2.24, 2.45) is 5.92 Å². The van der Waals surface area contributed by atoms with E-state index in [0.717, 1.165) is 0 Å². The molecule has 0 aliphatic carbocycles. The molecule has 8 nitrogen and oxygen atoms in total. The minimum Gasteiger partial charge on any atom is -1.00 e. The average Bonchev–Trinajstić information content (AvgIpc) is 2.68. The number of halogens is 1. The number of esters is 2. The number of quaternary nitrogens is 1. The lowest BCUT2D eigenvalue weighted by atomic mass is 10.1. The molecule has 0 saturated carbocycles. The van der Waals surface area contributed by atoms with Crippen LogP contribution in [0.1, 0.15) is 20.8 Å². The van der Waals surface area contributed by atoms with Gasteiger partial charge in [-0.2, -0.15) is 0 Å². The van der Waals surface area contributed by atoms with Crippen LogP contribution in [0.3, 0.4) is 0 Å². The van der Waals surface area contributed by atoms with E-state index in [0.29, 0.717) is 11.5 Å². The second kappa shape index (κ2) is 11.1. The van der Waals surface area contributed by atoms with E-state index in [1.165, 1.54) is 0 Å². The van der Waals surface area contributed by atoms with Gasteiger partial charge < -0.3 is 41.8 Å². The molecule has 158 valence electrons. The van der Waals surface area contributed by atoms with E-state index in [1.54, 1.807) is 52.1 Å². The fourth-order valence-electron chi connectivity index (χ4n) is 2.51. The Bertz CT molecular complexity index is 638. The summed E-state index contributed by atoms with van der Waals surface area (Å²) in [5.74, 6) is 0.0392. The van der Waals surface area contributed by atoms with E-state index in [1.807, 2.05) is 0 Å². The molecule has 1 heterocycles. The fraction of sp³-hybridized carbons (Fsp3) is 0.579. The number of hydrogen-bond donors (Lipinski definition) is 1. The van der Waals surface area contributed by atoms with E-state index in [9.17, 15) is 9.59 Å². The molecule has 1 fully saturated rings. The summed E-state index contributed by atoms with van der Waals surface area (Å²) in [4.78, 5) is 24.2. The number of methoxy groups -OCH3 is 1. The SMILES string of the molecule is COc1ccc(O[C@H]2[C@H](C)OC(=O)[C@@H]([NH3+])COC[C@@H]2OC(=O)C(C)C)cc1.[Cl-]. The van der Waals surface area contributed by atoms with Crippen LogP contribution in [0.5, 0.6) is 11.5 Å². The molecule has 0 aromatic heterocycles. The first kappa shape index (κ1) is 24.0. The molecular formula is C19H28ClNO7. The highest BCUT2D eigenvalue weighted by atomic mass is 35.5. The van der Waals surface area contributed by atoms with Gasteiger partial charge in [0.1, 0.15) is 24.2 Å². The van der Waals surface area contributed by atoms with E-state index in [2.05, 4.69) is 5.73 Å². The van der Waals surface area contributed by atoms with Crippen molar-refractivity contribution in [3.8, 4) is 11.5 Å². The third kappa shape index (κ3) is 6.54. The lowest BCUT2D eigenvalue weighted by molar-refractivity contribution is -0.415. The summed E-state index contributed by atoms with van der Waals surface area (Å²) in [6.45, 7) is 5.34. The molecule has 1 aliphatic rings. The van der Waals surface area contributed by atoms with Gasteiger partial charge in [-0.15, -0.1) is 0 Å². The Hall–Kier alpha value is -2.03. The van der Waals surface area contributed by atoms with E-state index in [4.69, 9.17) is 23.7 Å². The lowest BCUT2D eigenvalue weighted by Crippen LogP contribution is -3.00. The third-order valence-corrected chi connectivity index (χ3v) is 4.14. The van der Waals surface area contributed by atoms with Gasteiger partial charge in [0.15, 0.2) is 12.2 Å². The van der Waals surface area contributed by atoms with Crippen LogP contribution in [0.25, 0.3) is 0 Å². The molecule has 9 heteroatoms. The largest absolute Gasteiger partial charge is 1.00 e. The first-order valence-corrected chi connectivity index (χ1v) is 8.94. The molecule has 0 unspecified atom stereocenters. The molecule has 0 radical (unpaired) electrons. The molecule has 3 N–H and O–H groups in total. The Balaban J connectivity index is 0.00000392. The zero-order valence-corrected chi connectivity index (χ0v) is 17.3. The Labute approximate surface area is 171 Å². The third-order valence-electron chi connectivity index (χ3n) is 4.14. The van der Waals surface area contributed by atoms with E-state index >= 15 is 0 Å². The molecule has 1 saturated heterocycles. The van der Waals surface area contributed by atoms with Gasteiger partial charge in [0, 0.05) is 0 Å². The number of carbonyl (C=O) groups excluding carboxylic acids is 2. The van der Waals surface area contributed by atoms with Gasteiger partial charge in [-0.25, -0.2) is 4.79 Å². The number of rotatable bonds is 5. The number of cyclic esters (lactones) is 1.